The van der Waals surface area contributed by atoms with E-state index in [1.54, 1.807) is 24.3 Å². The molecule has 7 heteroatoms. The van der Waals surface area contributed by atoms with E-state index >= 15 is 0 Å². The van der Waals surface area contributed by atoms with Crippen LogP contribution in [-0.4, -0.2) is 17.8 Å². The van der Waals surface area contributed by atoms with Gasteiger partial charge in [0, 0.05) is 18.3 Å². The van der Waals surface area contributed by atoms with Crippen molar-refractivity contribution < 1.29 is 14.4 Å². The number of nitrogens with one attached hydrogen (secondary N) is 3. The summed E-state index contributed by atoms with van der Waals surface area (Å²) in [6.07, 6.45) is 0.0429. The van der Waals surface area contributed by atoms with E-state index in [-0.39, 0.29) is 18.2 Å². The minimum Gasteiger partial charge on any atom is -0.352 e. The molecule has 26 heavy (non-hydrogen) atoms. The van der Waals surface area contributed by atoms with Crippen LogP contribution in [0.4, 0.5) is 16.2 Å². The van der Waals surface area contributed by atoms with Crippen LogP contribution < -0.4 is 21.7 Å². The van der Waals surface area contributed by atoms with Crippen molar-refractivity contribution in [2.24, 2.45) is 5.73 Å². The number of aryl methyl sites for hydroxylation is 1. The van der Waals surface area contributed by atoms with E-state index in [1.165, 1.54) is 6.92 Å². The van der Waals surface area contributed by atoms with Gasteiger partial charge in [-0.2, -0.15) is 0 Å². The Kier molecular flexibility index (Phi) is 6.32. The van der Waals surface area contributed by atoms with E-state index in [0.29, 0.717) is 11.4 Å². The lowest BCUT2D eigenvalue weighted by atomic mass is 9.98. The fourth-order valence-corrected chi connectivity index (χ4v) is 2.63. The van der Waals surface area contributed by atoms with Gasteiger partial charge < -0.3 is 21.7 Å². The van der Waals surface area contributed by atoms with Crippen LogP contribution in [0.2, 0.25) is 0 Å². The zero-order valence-corrected chi connectivity index (χ0v) is 14.7. The van der Waals surface area contributed by atoms with Gasteiger partial charge in [-0.05, 0) is 42.3 Å². The predicted octanol–water partition coefficient (Wildman–Crippen LogP) is 2.69. The summed E-state index contributed by atoms with van der Waals surface area (Å²) < 4.78 is 0. The van der Waals surface area contributed by atoms with Crippen molar-refractivity contribution in [3.8, 4) is 0 Å². The number of urea groups is 1. The molecule has 0 spiro atoms. The highest BCUT2D eigenvalue weighted by Crippen LogP contribution is 2.22. The van der Waals surface area contributed by atoms with Gasteiger partial charge in [0.25, 0.3) is 0 Å². The van der Waals surface area contributed by atoms with Crippen LogP contribution in [0, 0.1) is 6.92 Å². The number of amides is 4. The van der Waals surface area contributed by atoms with Gasteiger partial charge >= 0.3 is 6.03 Å². The normalized spacial score (nSPS) is 11.3. The van der Waals surface area contributed by atoms with Gasteiger partial charge in [0.15, 0.2) is 0 Å². The Morgan fingerprint density at radius 2 is 1.54 bits per heavy atom. The van der Waals surface area contributed by atoms with Crippen molar-refractivity contribution in [1.82, 2.24) is 5.32 Å². The van der Waals surface area contributed by atoms with E-state index in [9.17, 15) is 14.4 Å². The summed E-state index contributed by atoms with van der Waals surface area (Å²) in [5.41, 5.74) is 8.27. The lowest BCUT2D eigenvalue weighted by molar-refractivity contribution is -0.116. The van der Waals surface area contributed by atoms with Gasteiger partial charge in [-0.25, -0.2) is 4.79 Å². The number of carbonyl (C=O) groups excluding carboxylic acids is 3. The smallest absolute Gasteiger partial charge is 0.312 e. The zero-order chi connectivity index (χ0) is 19.1. The molecular formula is C19H22N4O3. The molecule has 5 N–H and O–H groups in total. The maximum atomic E-state index is 12.4. The average Bonchev–Trinajstić information content (AvgIpc) is 2.55. The number of hydrogen-bond acceptors (Lipinski definition) is 3. The average molecular weight is 354 g/mol. The molecule has 2 aromatic rings. The molecule has 2 aromatic carbocycles. The lowest BCUT2D eigenvalue weighted by Crippen LogP contribution is -2.35. The zero-order valence-electron chi connectivity index (χ0n) is 14.7. The van der Waals surface area contributed by atoms with E-state index in [4.69, 9.17) is 5.73 Å². The number of primary amides is 1. The standard InChI is InChI=1S/C19H22N4O3/c1-12-5-3-4-6-16(12)17(23-19(20)26)11-18(25)22-15-9-7-14(8-10-15)21-13(2)24/h3-10,17H,11H2,1-2H3,(H,21,24)(H,22,25)(H3,20,23,26). The fraction of sp³-hybridized carbons (Fsp3) is 0.211. The van der Waals surface area contributed by atoms with Crippen LogP contribution in [-0.2, 0) is 9.59 Å². The van der Waals surface area contributed by atoms with E-state index in [2.05, 4.69) is 16.0 Å². The molecule has 7 nitrogen and oxygen atoms in total. The van der Waals surface area contributed by atoms with Crippen molar-refractivity contribution in [2.45, 2.75) is 26.3 Å². The largest absolute Gasteiger partial charge is 0.352 e. The molecule has 0 aliphatic rings. The second-order valence-corrected chi connectivity index (χ2v) is 5.93. The number of rotatable bonds is 6. The molecule has 4 amide bonds. The molecular weight excluding hydrogens is 332 g/mol. The molecule has 0 bridgehead atoms. The highest BCUT2D eigenvalue weighted by Gasteiger charge is 2.19. The summed E-state index contributed by atoms with van der Waals surface area (Å²) in [5.74, 6) is -0.431. The second kappa shape index (κ2) is 8.66. The van der Waals surface area contributed by atoms with Crippen LogP contribution >= 0.6 is 0 Å². The van der Waals surface area contributed by atoms with Gasteiger partial charge in [0.1, 0.15) is 0 Å². The van der Waals surface area contributed by atoms with Crippen molar-refractivity contribution in [3.63, 3.8) is 0 Å². The van der Waals surface area contributed by atoms with Gasteiger partial charge in [-0.15, -0.1) is 0 Å². The Bertz CT molecular complexity index is 803. The predicted molar refractivity (Wildman–Crippen MR) is 101 cm³/mol. The molecule has 0 aromatic heterocycles. The molecule has 0 heterocycles. The highest BCUT2D eigenvalue weighted by atomic mass is 16.2. The van der Waals surface area contributed by atoms with Crippen LogP contribution in [0.25, 0.3) is 0 Å². The first kappa shape index (κ1) is 19.0. The van der Waals surface area contributed by atoms with Crippen LogP contribution in [0.5, 0.6) is 0 Å². The van der Waals surface area contributed by atoms with Crippen molar-refractivity contribution >= 4 is 29.2 Å². The SMILES string of the molecule is CC(=O)Nc1ccc(NC(=O)CC(NC(N)=O)c2ccccc2C)cc1. The summed E-state index contributed by atoms with van der Waals surface area (Å²) in [4.78, 5) is 34.7. The molecule has 0 saturated heterocycles. The number of carbonyl (C=O) groups is 3. The summed E-state index contributed by atoms with van der Waals surface area (Å²) in [7, 11) is 0. The van der Waals surface area contributed by atoms with Crippen LogP contribution in [0.3, 0.4) is 0 Å². The first-order valence-electron chi connectivity index (χ1n) is 8.14. The van der Waals surface area contributed by atoms with Crippen molar-refractivity contribution in [2.75, 3.05) is 10.6 Å². The molecule has 136 valence electrons. The van der Waals surface area contributed by atoms with Gasteiger partial charge in [-0.3, -0.25) is 9.59 Å². The Morgan fingerprint density at radius 1 is 0.962 bits per heavy atom. The Hall–Kier alpha value is -3.35. The summed E-state index contributed by atoms with van der Waals surface area (Å²) >= 11 is 0. The number of nitrogens with two attached hydrogens (primary N) is 1. The fourth-order valence-electron chi connectivity index (χ4n) is 2.63. The van der Waals surface area contributed by atoms with Crippen LogP contribution in [0.1, 0.15) is 30.5 Å². The van der Waals surface area contributed by atoms with Crippen LogP contribution in [0.15, 0.2) is 48.5 Å². The molecule has 0 aliphatic carbocycles. The van der Waals surface area contributed by atoms with Gasteiger partial charge in [0.2, 0.25) is 11.8 Å². The molecule has 0 radical (unpaired) electrons. The maximum absolute atomic E-state index is 12.4. The molecule has 1 atom stereocenters. The van der Waals surface area contributed by atoms with E-state index < -0.39 is 12.1 Å². The van der Waals surface area contributed by atoms with E-state index in [0.717, 1.165) is 11.1 Å². The molecule has 2 rings (SSSR count). The Labute approximate surface area is 152 Å². The van der Waals surface area contributed by atoms with Gasteiger partial charge in [0.05, 0.1) is 12.5 Å². The van der Waals surface area contributed by atoms with Gasteiger partial charge in [-0.1, -0.05) is 24.3 Å². The first-order valence-corrected chi connectivity index (χ1v) is 8.14. The topological polar surface area (TPSA) is 113 Å². The Morgan fingerprint density at radius 3 is 2.08 bits per heavy atom. The maximum Gasteiger partial charge on any atom is 0.312 e. The number of anilines is 2. The third kappa shape index (κ3) is 5.62. The third-order valence-electron chi connectivity index (χ3n) is 3.76. The minimum atomic E-state index is -0.689. The first-order chi connectivity index (χ1) is 12.3. The van der Waals surface area contributed by atoms with Crippen molar-refractivity contribution in [1.29, 1.82) is 0 Å². The van der Waals surface area contributed by atoms with Crippen molar-refractivity contribution in [3.05, 3.63) is 59.7 Å². The monoisotopic (exact) mass is 354 g/mol. The number of benzene rings is 2. The molecule has 0 saturated carbocycles. The molecule has 0 fully saturated rings. The highest BCUT2D eigenvalue weighted by molar-refractivity contribution is 5.92. The summed E-state index contributed by atoms with van der Waals surface area (Å²) in [6, 6.07) is 13.0. The Balaban J connectivity index is 2.06. The molecule has 1 unspecified atom stereocenters. The lowest BCUT2D eigenvalue weighted by Gasteiger charge is -2.19. The second-order valence-electron chi connectivity index (χ2n) is 5.93. The number of hydrogen-bond donors (Lipinski definition) is 4. The quantitative estimate of drug-likeness (QED) is 0.639. The summed E-state index contributed by atoms with van der Waals surface area (Å²) in [5, 5.41) is 8.04. The van der Waals surface area contributed by atoms with E-state index in [1.807, 2.05) is 31.2 Å². The minimum absolute atomic E-state index is 0.0429. The third-order valence-corrected chi connectivity index (χ3v) is 3.76. The molecule has 0 aliphatic heterocycles. The summed E-state index contributed by atoms with van der Waals surface area (Å²) in [6.45, 7) is 3.33.